The van der Waals surface area contributed by atoms with Gasteiger partial charge in [-0.05, 0) is 48.4 Å². The summed E-state index contributed by atoms with van der Waals surface area (Å²) in [5.74, 6) is -0.308. The van der Waals surface area contributed by atoms with Crippen molar-refractivity contribution in [1.29, 1.82) is 0 Å². The SMILES string of the molecule is O=C(CCC(=O)c1ccc(Cl)cc1)NCCc1ccc(S(=O)(=O)N2CCOCC2)cc1. The predicted octanol–water partition coefficient (Wildman–Crippen LogP) is 2.68. The van der Waals surface area contributed by atoms with E-state index < -0.39 is 10.0 Å². The number of halogens is 1. The Kier molecular flexibility index (Phi) is 8.20. The van der Waals surface area contributed by atoms with E-state index in [1.165, 1.54) is 4.31 Å². The van der Waals surface area contributed by atoms with Crippen molar-refractivity contribution >= 4 is 33.3 Å². The van der Waals surface area contributed by atoms with Crippen molar-refractivity contribution in [2.24, 2.45) is 0 Å². The zero-order valence-electron chi connectivity index (χ0n) is 17.1. The smallest absolute Gasteiger partial charge is 0.243 e. The fourth-order valence-electron chi connectivity index (χ4n) is 3.21. The zero-order valence-corrected chi connectivity index (χ0v) is 18.6. The number of carbonyl (C=O) groups excluding carboxylic acids is 2. The summed E-state index contributed by atoms with van der Waals surface area (Å²) in [7, 11) is -3.51. The fraction of sp³-hybridized carbons (Fsp3) is 0.364. The highest BCUT2D eigenvalue weighted by atomic mass is 35.5. The second-order valence-electron chi connectivity index (χ2n) is 7.19. The third kappa shape index (κ3) is 6.61. The molecular formula is C22H25ClN2O5S. The molecule has 1 aliphatic heterocycles. The zero-order chi connectivity index (χ0) is 22.3. The minimum Gasteiger partial charge on any atom is -0.379 e. The highest BCUT2D eigenvalue weighted by Gasteiger charge is 2.26. The normalized spacial score (nSPS) is 14.9. The van der Waals surface area contributed by atoms with Gasteiger partial charge in [0.25, 0.3) is 0 Å². The van der Waals surface area contributed by atoms with Gasteiger partial charge >= 0.3 is 0 Å². The van der Waals surface area contributed by atoms with E-state index in [1.54, 1.807) is 48.5 Å². The molecule has 1 aliphatic rings. The fourth-order valence-corrected chi connectivity index (χ4v) is 4.74. The molecule has 0 unspecified atom stereocenters. The average molecular weight is 465 g/mol. The van der Waals surface area contributed by atoms with Crippen LogP contribution in [0.2, 0.25) is 5.02 Å². The summed E-state index contributed by atoms with van der Waals surface area (Å²) in [5, 5.41) is 3.35. The van der Waals surface area contributed by atoms with E-state index in [-0.39, 0.29) is 29.4 Å². The molecule has 7 nitrogen and oxygen atoms in total. The van der Waals surface area contributed by atoms with Gasteiger partial charge in [0.2, 0.25) is 15.9 Å². The third-order valence-corrected chi connectivity index (χ3v) is 7.18. The highest BCUT2D eigenvalue weighted by molar-refractivity contribution is 7.89. The Hall–Kier alpha value is -2.26. The number of hydrogen-bond donors (Lipinski definition) is 1. The Balaban J connectivity index is 1.42. The van der Waals surface area contributed by atoms with Crippen LogP contribution >= 0.6 is 11.6 Å². The van der Waals surface area contributed by atoms with Crippen molar-refractivity contribution in [3.63, 3.8) is 0 Å². The number of amides is 1. The van der Waals surface area contributed by atoms with Crippen LogP contribution in [-0.4, -0.2) is 57.3 Å². The molecule has 2 aromatic rings. The van der Waals surface area contributed by atoms with Crippen LogP contribution in [0.3, 0.4) is 0 Å². The molecule has 9 heteroatoms. The lowest BCUT2D eigenvalue weighted by Gasteiger charge is -2.26. The van der Waals surface area contributed by atoms with E-state index in [0.29, 0.717) is 49.9 Å². The van der Waals surface area contributed by atoms with Crippen LogP contribution in [0.25, 0.3) is 0 Å². The Morgan fingerprint density at radius 1 is 0.968 bits per heavy atom. The molecule has 3 rings (SSSR count). The first kappa shape index (κ1) is 23.4. The van der Waals surface area contributed by atoms with Crippen molar-refractivity contribution < 1.29 is 22.7 Å². The van der Waals surface area contributed by atoms with Gasteiger partial charge in [-0.15, -0.1) is 0 Å². The number of benzene rings is 2. The number of ether oxygens (including phenoxy) is 1. The minimum atomic E-state index is -3.51. The van der Waals surface area contributed by atoms with Gasteiger partial charge in [-0.3, -0.25) is 9.59 Å². The lowest BCUT2D eigenvalue weighted by atomic mass is 10.1. The lowest BCUT2D eigenvalue weighted by Crippen LogP contribution is -2.40. The first-order valence-corrected chi connectivity index (χ1v) is 11.9. The van der Waals surface area contributed by atoms with Gasteiger partial charge in [0.15, 0.2) is 5.78 Å². The monoisotopic (exact) mass is 464 g/mol. The molecule has 0 atom stereocenters. The molecule has 1 N–H and O–H groups in total. The van der Waals surface area contributed by atoms with Crippen LogP contribution in [0.1, 0.15) is 28.8 Å². The number of nitrogens with zero attached hydrogens (tertiary/aromatic N) is 1. The summed E-state index contributed by atoms with van der Waals surface area (Å²) in [4.78, 5) is 24.4. The van der Waals surface area contributed by atoms with Gasteiger partial charge in [0.1, 0.15) is 0 Å². The molecule has 1 fully saturated rings. The molecule has 2 aromatic carbocycles. The van der Waals surface area contributed by atoms with Crippen LogP contribution in [0.15, 0.2) is 53.4 Å². The van der Waals surface area contributed by atoms with Crippen LogP contribution in [-0.2, 0) is 26.0 Å². The van der Waals surface area contributed by atoms with Gasteiger partial charge in [-0.2, -0.15) is 4.31 Å². The van der Waals surface area contributed by atoms with Crippen molar-refractivity contribution in [3.8, 4) is 0 Å². The molecule has 1 saturated heterocycles. The Labute approximate surface area is 187 Å². The Morgan fingerprint density at radius 2 is 1.61 bits per heavy atom. The standard InChI is InChI=1S/C22H25ClN2O5S/c23-19-5-3-18(4-6-19)21(26)9-10-22(27)24-12-11-17-1-7-20(8-2-17)31(28,29)25-13-15-30-16-14-25/h1-8H,9-16H2,(H,24,27). The van der Waals surface area contributed by atoms with Gasteiger partial charge < -0.3 is 10.1 Å². The number of carbonyl (C=O) groups is 2. The second kappa shape index (κ2) is 10.9. The lowest BCUT2D eigenvalue weighted by molar-refractivity contribution is -0.121. The molecule has 0 bridgehead atoms. The average Bonchev–Trinajstić information content (AvgIpc) is 2.79. The van der Waals surface area contributed by atoms with Crippen LogP contribution < -0.4 is 5.32 Å². The van der Waals surface area contributed by atoms with E-state index in [4.69, 9.17) is 16.3 Å². The first-order chi connectivity index (χ1) is 14.9. The number of sulfonamides is 1. The Bertz CT molecular complexity index is 1000. The largest absolute Gasteiger partial charge is 0.379 e. The van der Waals surface area contributed by atoms with Crippen molar-refractivity contribution in [3.05, 3.63) is 64.7 Å². The highest BCUT2D eigenvalue weighted by Crippen LogP contribution is 2.18. The molecule has 31 heavy (non-hydrogen) atoms. The van der Waals surface area contributed by atoms with Crippen LogP contribution in [0, 0.1) is 0 Å². The number of rotatable bonds is 9. The van der Waals surface area contributed by atoms with Gasteiger partial charge in [0, 0.05) is 43.1 Å². The maximum absolute atomic E-state index is 12.6. The summed E-state index contributed by atoms with van der Waals surface area (Å²) < 4.78 is 31.9. The summed E-state index contributed by atoms with van der Waals surface area (Å²) in [6.45, 7) is 1.93. The Morgan fingerprint density at radius 3 is 2.26 bits per heavy atom. The van der Waals surface area contributed by atoms with E-state index in [0.717, 1.165) is 5.56 Å². The second-order valence-corrected chi connectivity index (χ2v) is 9.56. The van der Waals surface area contributed by atoms with E-state index in [2.05, 4.69) is 5.32 Å². The molecule has 0 saturated carbocycles. The van der Waals surface area contributed by atoms with Crippen LogP contribution in [0.5, 0.6) is 0 Å². The third-order valence-electron chi connectivity index (χ3n) is 5.01. The topological polar surface area (TPSA) is 92.8 Å². The first-order valence-electron chi connectivity index (χ1n) is 10.1. The maximum Gasteiger partial charge on any atom is 0.243 e. The summed E-state index contributed by atoms with van der Waals surface area (Å²) in [6.07, 6.45) is 0.800. The van der Waals surface area contributed by atoms with Crippen molar-refractivity contribution in [2.75, 3.05) is 32.8 Å². The van der Waals surface area contributed by atoms with Crippen LogP contribution in [0.4, 0.5) is 0 Å². The van der Waals surface area contributed by atoms with Crippen molar-refractivity contribution in [1.82, 2.24) is 9.62 Å². The number of morpholine rings is 1. The van der Waals surface area contributed by atoms with E-state index >= 15 is 0 Å². The summed E-state index contributed by atoms with van der Waals surface area (Å²) >= 11 is 5.81. The molecule has 0 aromatic heterocycles. The van der Waals surface area contributed by atoms with E-state index in [9.17, 15) is 18.0 Å². The van der Waals surface area contributed by atoms with E-state index in [1.807, 2.05) is 0 Å². The number of ketones is 1. The van der Waals surface area contributed by atoms with Gasteiger partial charge in [-0.1, -0.05) is 23.7 Å². The molecular weight excluding hydrogens is 440 g/mol. The molecule has 0 aliphatic carbocycles. The van der Waals surface area contributed by atoms with Crippen molar-refractivity contribution in [2.45, 2.75) is 24.2 Å². The maximum atomic E-state index is 12.6. The minimum absolute atomic E-state index is 0.108. The summed E-state index contributed by atoms with van der Waals surface area (Å²) in [5.41, 5.74) is 1.45. The van der Waals surface area contributed by atoms with Gasteiger partial charge in [-0.25, -0.2) is 8.42 Å². The summed E-state index contributed by atoms with van der Waals surface area (Å²) in [6, 6.07) is 13.3. The molecule has 166 valence electrons. The molecule has 1 heterocycles. The molecule has 0 spiro atoms. The predicted molar refractivity (Wildman–Crippen MR) is 118 cm³/mol. The number of Topliss-reactive ketones (excluding diaryl/α,β-unsaturated/α-hetero) is 1. The quantitative estimate of drug-likeness (QED) is 0.576. The molecule has 0 radical (unpaired) electrons. The number of nitrogens with one attached hydrogen (secondary N) is 1. The van der Waals surface area contributed by atoms with Gasteiger partial charge in [0.05, 0.1) is 18.1 Å². The number of hydrogen-bond acceptors (Lipinski definition) is 5. The molecule has 1 amide bonds.